The van der Waals surface area contributed by atoms with Crippen LogP contribution in [0.1, 0.15) is 24.3 Å². The molecule has 0 radical (unpaired) electrons. The summed E-state index contributed by atoms with van der Waals surface area (Å²) in [7, 11) is 0. The summed E-state index contributed by atoms with van der Waals surface area (Å²) < 4.78 is 5.25. The first-order chi connectivity index (χ1) is 10.7. The predicted molar refractivity (Wildman–Crippen MR) is 88.5 cm³/mol. The molecule has 2 aromatic heterocycles. The van der Waals surface area contributed by atoms with Gasteiger partial charge in [-0.05, 0) is 38.1 Å². The molecule has 22 heavy (non-hydrogen) atoms. The summed E-state index contributed by atoms with van der Waals surface area (Å²) in [5.74, 6) is -0.179. The van der Waals surface area contributed by atoms with Gasteiger partial charge in [-0.3, -0.25) is 4.79 Å². The van der Waals surface area contributed by atoms with Gasteiger partial charge in [0.15, 0.2) is 5.58 Å². The molecular formula is C17H19N3O2. The quantitative estimate of drug-likeness (QED) is 0.751. The largest absolute Gasteiger partial charge is 0.463 e. The van der Waals surface area contributed by atoms with E-state index in [-0.39, 0.29) is 5.91 Å². The highest BCUT2D eigenvalue weighted by Crippen LogP contribution is 2.20. The van der Waals surface area contributed by atoms with Gasteiger partial charge in [-0.15, -0.1) is 0 Å². The second-order valence-corrected chi connectivity index (χ2v) is 5.05. The van der Waals surface area contributed by atoms with Crippen LogP contribution in [-0.2, 0) is 0 Å². The van der Waals surface area contributed by atoms with Crippen LogP contribution in [-0.4, -0.2) is 24.0 Å². The Balaban J connectivity index is 1.72. The first-order valence-corrected chi connectivity index (χ1v) is 7.43. The van der Waals surface area contributed by atoms with Crippen molar-refractivity contribution in [1.82, 2.24) is 4.98 Å². The van der Waals surface area contributed by atoms with Crippen molar-refractivity contribution < 1.29 is 9.21 Å². The fourth-order valence-electron chi connectivity index (χ4n) is 2.51. The van der Waals surface area contributed by atoms with Gasteiger partial charge in [0.2, 0.25) is 0 Å². The van der Waals surface area contributed by atoms with E-state index in [1.807, 2.05) is 24.3 Å². The number of carbonyl (C=O) groups is 1. The van der Waals surface area contributed by atoms with Gasteiger partial charge < -0.3 is 19.6 Å². The minimum absolute atomic E-state index is 0.179. The third kappa shape index (κ3) is 2.70. The number of benzene rings is 1. The Morgan fingerprint density at radius 1 is 1.18 bits per heavy atom. The van der Waals surface area contributed by atoms with E-state index in [0.717, 1.165) is 30.0 Å². The molecule has 2 N–H and O–H groups in total. The Kier molecular flexibility index (Phi) is 3.87. The second kappa shape index (κ2) is 5.97. The number of aromatic amines is 1. The lowest BCUT2D eigenvalue weighted by Gasteiger charge is -2.21. The van der Waals surface area contributed by atoms with Crippen molar-refractivity contribution in [3.05, 3.63) is 48.4 Å². The predicted octanol–water partition coefficient (Wildman–Crippen LogP) is 3.86. The third-order valence-electron chi connectivity index (χ3n) is 3.74. The maximum Gasteiger partial charge on any atom is 0.272 e. The molecule has 0 aliphatic rings. The van der Waals surface area contributed by atoms with Gasteiger partial charge in [0.05, 0.1) is 11.8 Å². The molecule has 114 valence electrons. The Morgan fingerprint density at radius 3 is 2.55 bits per heavy atom. The van der Waals surface area contributed by atoms with Gasteiger partial charge in [-0.25, -0.2) is 0 Å². The fraction of sp³-hybridized carbons (Fsp3) is 0.235. The molecule has 0 aliphatic carbocycles. The van der Waals surface area contributed by atoms with Crippen LogP contribution in [0.5, 0.6) is 0 Å². The molecule has 0 saturated heterocycles. The zero-order valence-electron chi connectivity index (χ0n) is 12.7. The minimum atomic E-state index is -0.179. The molecule has 0 atom stereocenters. The molecule has 5 nitrogen and oxygen atoms in total. The van der Waals surface area contributed by atoms with E-state index in [1.165, 1.54) is 0 Å². The third-order valence-corrected chi connectivity index (χ3v) is 3.74. The van der Waals surface area contributed by atoms with Crippen molar-refractivity contribution in [2.24, 2.45) is 0 Å². The van der Waals surface area contributed by atoms with Crippen LogP contribution in [0.3, 0.4) is 0 Å². The summed E-state index contributed by atoms with van der Waals surface area (Å²) in [6.45, 7) is 6.17. The standard InChI is InChI=1S/C17H19N3O2/c1-3-20(4-2)13-7-5-12(6-8-13)18-17(21)15-11-16-14(19-15)9-10-22-16/h5-11,19H,3-4H2,1-2H3,(H,18,21). The smallest absolute Gasteiger partial charge is 0.272 e. The number of anilines is 2. The zero-order chi connectivity index (χ0) is 15.5. The van der Waals surface area contributed by atoms with Crippen molar-refractivity contribution in [2.75, 3.05) is 23.3 Å². The van der Waals surface area contributed by atoms with Crippen molar-refractivity contribution in [3.63, 3.8) is 0 Å². The number of furan rings is 1. The highest BCUT2D eigenvalue weighted by atomic mass is 16.3. The molecule has 2 heterocycles. The minimum Gasteiger partial charge on any atom is -0.463 e. The summed E-state index contributed by atoms with van der Waals surface area (Å²) in [6.07, 6.45) is 1.59. The summed E-state index contributed by atoms with van der Waals surface area (Å²) in [5.41, 5.74) is 3.92. The average Bonchev–Trinajstić information content (AvgIpc) is 3.11. The normalized spacial score (nSPS) is 10.8. The van der Waals surface area contributed by atoms with Crippen LogP contribution in [0.15, 0.2) is 47.1 Å². The number of hydrogen-bond acceptors (Lipinski definition) is 3. The maximum absolute atomic E-state index is 12.2. The Labute approximate surface area is 128 Å². The SMILES string of the molecule is CCN(CC)c1ccc(NC(=O)c2cc3occc3[nH]2)cc1. The van der Waals surface area contributed by atoms with Crippen molar-refractivity contribution in [1.29, 1.82) is 0 Å². The number of nitrogens with zero attached hydrogens (tertiary/aromatic N) is 1. The molecule has 3 rings (SSSR count). The van der Waals surface area contributed by atoms with Crippen LogP contribution in [0.4, 0.5) is 11.4 Å². The van der Waals surface area contributed by atoms with Gasteiger partial charge >= 0.3 is 0 Å². The van der Waals surface area contributed by atoms with Gasteiger partial charge in [0.1, 0.15) is 5.69 Å². The number of fused-ring (bicyclic) bond motifs is 1. The Morgan fingerprint density at radius 2 is 1.91 bits per heavy atom. The Hall–Kier alpha value is -2.69. The number of rotatable bonds is 5. The van der Waals surface area contributed by atoms with Crippen LogP contribution in [0, 0.1) is 0 Å². The zero-order valence-corrected chi connectivity index (χ0v) is 12.7. The van der Waals surface area contributed by atoms with E-state index in [0.29, 0.717) is 11.3 Å². The Bertz CT molecular complexity index is 738. The molecule has 0 fully saturated rings. The second-order valence-electron chi connectivity index (χ2n) is 5.05. The van der Waals surface area contributed by atoms with E-state index in [4.69, 9.17) is 4.42 Å². The first kappa shape index (κ1) is 14.3. The number of hydrogen-bond donors (Lipinski definition) is 2. The highest BCUT2D eigenvalue weighted by Gasteiger charge is 2.11. The van der Waals surface area contributed by atoms with Gasteiger partial charge in [0.25, 0.3) is 5.91 Å². The molecule has 5 heteroatoms. The molecule has 0 aliphatic heterocycles. The maximum atomic E-state index is 12.2. The van der Waals surface area contributed by atoms with Gasteiger partial charge in [0, 0.05) is 36.6 Å². The van der Waals surface area contributed by atoms with E-state index < -0.39 is 0 Å². The molecule has 3 aromatic rings. The fourth-order valence-corrected chi connectivity index (χ4v) is 2.51. The lowest BCUT2D eigenvalue weighted by Crippen LogP contribution is -2.21. The van der Waals surface area contributed by atoms with E-state index in [9.17, 15) is 4.79 Å². The molecule has 0 saturated carbocycles. The van der Waals surface area contributed by atoms with E-state index in [2.05, 4.69) is 29.0 Å². The monoisotopic (exact) mass is 297 g/mol. The lowest BCUT2D eigenvalue weighted by molar-refractivity contribution is 0.102. The van der Waals surface area contributed by atoms with Crippen molar-refractivity contribution in [3.8, 4) is 0 Å². The van der Waals surface area contributed by atoms with Crippen molar-refractivity contribution in [2.45, 2.75) is 13.8 Å². The summed E-state index contributed by atoms with van der Waals surface area (Å²) >= 11 is 0. The van der Waals surface area contributed by atoms with Crippen molar-refractivity contribution >= 4 is 28.4 Å². The van der Waals surface area contributed by atoms with Gasteiger partial charge in [-0.2, -0.15) is 0 Å². The molecule has 0 unspecified atom stereocenters. The van der Waals surface area contributed by atoms with Gasteiger partial charge in [-0.1, -0.05) is 0 Å². The molecular weight excluding hydrogens is 278 g/mol. The number of amides is 1. The summed E-state index contributed by atoms with van der Waals surface area (Å²) in [6, 6.07) is 11.4. The molecule has 1 aromatic carbocycles. The highest BCUT2D eigenvalue weighted by molar-refractivity contribution is 6.05. The number of nitrogens with one attached hydrogen (secondary N) is 2. The van der Waals surface area contributed by atoms with E-state index in [1.54, 1.807) is 18.4 Å². The first-order valence-electron chi connectivity index (χ1n) is 7.43. The summed E-state index contributed by atoms with van der Waals surface area (Å²) in [5, 5.41) is 2.88. The molecule has 0 bridgehead atoms. The van der Waals surface area contributed by atoms with Crippen LogP contribution in [0.2, 0.25) is 0 Å². The van der Waals surface area contributed by atoms with Crippen LogP contribution >= 0.6 is 0 Å². The lowest BCUT2D eigenvalue weighted by atomic mass is 10.2. The average molecular weight is 297 g/mol. The molecule has 0 spiro atoms. The van der Waals surface area contributed by atoms with Crippen LogP contribution < -0.4 is 10.2 Å². The number of aromatic nitrogens is 1. The van der Waals surface area contributed by atoms with Crippen LogP contribution in [0.25, 0.3) is 11.1 Å². The van der Waals surface area contributed by atoms with E-state index >= 15 is 0 Å². The number of H-pyrrole nitrogens is 1. The topological polar surface area (TPSA) is 61.3 Å². The summed E-state index contributed by atoms with van der Waals surface area (Å²) in [4.78, 5) is 17.5. The molecule has 1 amide bonds. The number of carbonyl (C=O) groups excluding carboxylic acids is 1.